The molecule has 0 spiro atoms. The lowest BCUT2D eigenvalue weighted by atomic mass is 10.6. The summed E-state index contributed by atoms with van der Waals surface area (Å²) in [5.74, 6) is 0.587. The third-order valence-electron chi connectivity index (χ3n) is 0.843. The fourth-order valence-electron chi connectivity index (χ4n) is 0.482. The van der Waals surface area contributed by atoms with Gasteiger partial charge in [-0.05, 0) is 0 Å². The van der Waals surface area contributed by atoms with Gasteiger partial charge in [-0.2, -0.15) is 0 Å². The van der Waals surface area contributed by atoms with Crippen LogP contribution in [0.2, 0.25) is 0 Å². The first-order chi connectivity index (χ1) is 4.43. The normalized spacial score (nSPS) is 9.44. The molecule has 0 bridgehead atoms. The molecule has 0 aliphatic heterocycles. The van der Waals surface area contributed by atoms with Gasteiger partial charge in [-0.3, -0.25) is 0 Å². The predicted octanol–water partition coefficient (Wildman–Crippen LogP) is 0.0788. The van der Waals surface area contributed by atoms with Crippen LogP contribution in [-0.2, 0) is 0 Å². The van der Waals surface area contributed by atoms with Gasteiger partial charge in [0, 0.05) is 6.54 Å². The molecule has 9 heavy (non-hydrogen) atoms. The summed E-state index contributed by atoms with van der Waals surface area (Å²) in [6.45, 7) is 0.593. The molecule has 0 atom stereocenters. The topological polar surface area (TPSA) is 58.3 Å². The number of oxazole rings is 1. The maximum absolute atomic E-state index is 8.34. The van der Waals surface area contributed by atoms with Crippen molar-refractivity contribution in [2.24, 2.45) is 0 Å². The number of anilines is 1. The van der Waals surface area contributed by atoms with Gasteiger partial charge in [-0.15, -0.1) is 0 Å². The minimum absolute atomic E-state index is 0.0979. The molecule has 50 valence electrons. The average Bonchev–Trinajstić information content (AvgIpc) is 2.34. The van der Waals surface area contributed by atoms with Gasteiger partial charge in [-0.25, -0.2) is 4.98 Å². The van der Waals surface area contributed by atoms with Crippen LogP contribution in [0.4, 0.5) is 5.88 Å². The minimum atomic E-state index is 0.0979. The molecule has 0 radical (unpaired) electrons. The number of nitrogens with zero attached hydrogens (tertiary/aromatic N) is 1. The van der Waals surface area contributed by atoms with E-state index in [2.05, 4.69) is 10.3 Å². The summed E-state index contributed by atoms with van der Waals surface area (Å²) in [6, 6.07) is 0. The van der Waals surface area contributed by atoms with Crippen molar-refractivity contribution in [3.8, 4) is 0 Å². The first-order valence-electron chi connectivity index (χ1n) is 2.66. The summed E-state index contributed by atoms with van der Waals surface area (Å²) in [4.78, 5) is 3.66. The Labute approximate surface area is 52.5 Å². The number of aliphatic hydroxyl groups excluding tert-OH is 1. The highest BCUT2D eigenvalue weighted by Gasteiger charge is 1.90. The van der Waals surface area contributed by atoms with Gasteiger partial charge in [-0.1, -0.05) is 0 Å². The van der Waals surface area contributed by atoms with Crippen LogP contribution in [0.5, 0.6) is 0 Å². The zero-order valence-corrected chi connectivity index (χ0v) is 4.87. The van der Waals surface area contributed by atoms with Crippen molar-refractivity contribution >= 4 is 5.88 Å². The molecule has 0 aliphatic carbocycles. The van der Waals surface area contributed by atoms with Gasteiger partial charge >= 0.3 is 0 Å². The van der Waals surface area contributed by atoms with E-state index in [1.54, 1.807) is 6.20 Å². The van der Waals surface area contributed by atoms with Gasteiger partial charge < -0.3 is 14.8 Å². The Morgan fingerprint density at radius 1 is 1.78 bits per heavy atom. The fourth-order valence-corrected chi connectivity index (χ4v) is 0.482. The first kappa shape index (κ1) is 6.10. The quantitative estimate of drug-likeness (QED) is 0.605. The molecule has 0 aliphatic rings. The van der Waals surface area contributed by atoms with Crippen LogP contribution in [0.3, 0.4) is 0 Å². The van der Waals surface area contributed by atoms with E-state index in [0.717, 1.165) is 0 Å². The lowest BCUT2D eigenvalue weighted by Gasteiger charge is -1.94. The highest BCUT2D eigenvalue weighted by Crippen LogP contribution is 2.01. The summed E-state index contributed by atoms with van der Waals surface area (Å²) in [5, 5.41) is 11.1. The van der Waals surface area contributed by atoms with Crippen molar-refractivity contribution in [1.29, 1.82) is 0 Å². The smallest absolute Gasteiger partial charge is 0.213 e. The SMILES string of the molecule is OCCNc1cnco1. The van der Waals surface area contributed by atoms with Crippen molar-refractivity contribution in [2.45, 2.75) is 0 Å². The highest BCUT2D eigenvalue weighted by molar-refractivity contribution is 5.25. The van der Waals surface area contributed by atoms with Gasteiger partial charge in [0.15, 0.2) is 6.39 Å². The predicted molar refractivity (Wildman–Crippen MR) is 32.1 cm³/mol. The third kappa shape index (κ3) is 1.73. The Kier molecular flexibility index (Phi) is 2.09. The maximum Gasteiger partial charge on any atom is 0.213 e. The van der Waals surface area contributed by atoms with Crippen LogP contribution in [0.25, 0.3) is 0 Å². The Morgan fingerprint density at radius 2 is 2.67 bits per heavy atom. The van der Waals surface area contributed by atoms with E-state index in [0.29, 0.717) is 12.4 Å². The Hall–Kier alpha value is -1.03. The van der Waals surface area contributed by atoms with Crippen LogP contribution in [0.1, 0.15) is 0 Å². The fraction of sp³-hybridized carbons (Fsp3) is 0.400. The van der Waals surface area contributed by atoms with Crippen LogP contribution in [0, 0.1) is 0 Å². The van der Waals surface area contributed by atoms with Crippen LogP contribution < -0.4 is 5.32 Å². The number of nitrogens with one attached hydrogen (secondary N) is 1. The molecular formula is C5H8N2O2. The number of rotatable bonds is 3. The molecule has 2 N–H and O–H groups in total. The number of hydrogen-bond acceptors (Lipinski definition) is 4. The molecule has 1 aromatic rings. The summed E-state index contributed by atoms with van der Waals surface area (Å²) in [5.41, 5.74) is 0. The average molecular weight is 128 g/mol. The van der Waals surface area contributed by atoms with E-state index in [9.17, 15) is 0 Å². The summed E-state index contributed by atoms with van der Waals surface area (Å²) < 4.78 is 4.80. The molecule has 0 unspecified atom stereocenters. The van der Waals surface area contributed by atoms with Crippen LogP contribution >= 0.6 is 0 Å². The number of aromatic nitrogens is 1. The van der Waals surface area contributed by atoms with Crippen molar-refractivity contribution in [1.82, 2.24) is 4.98 Å². The van der Waals surface area contributed by atoms with Crippen molar-refractivity contribution < 1.29 is 9.52 Å². The van der Waals surface area contributed by atoms with Gasteiger partial charge in [0.25, 0.3) is 0 Å². The lowest BCUT2D eigenvalue weighted by molar-refractivity contribution is 0.310. The monoisotopic (exact) mass is 128 g/mol. The molecule has 0 saturated heterocycles. The largest absolute Gasteiger partial charge is 0.428 e. The molecule has 1 heterocycles. The van der Waals surface area contributed by atoms with E-state index >= 15 is 0 Å². The zero-order chi connectivity index (χ0) is 6.53. The summed E-state index contributed by atoms with van der Waals surface area (Å²) in [7, 11) is 0. The Morgan fingerprint density at radius 3 is 3.22 bits per heavy atom. The molecule has 0 fully saturated rings. The second kappa shape index (κ2) is 3.09. The molecular weight excluding hydrogens is 120 g/mol. The maximum atomic E-state index is 8.34. The van der Waals surface area contributed by atoms with Crippen LogP contribution in [-0.4, -0.2) is 23.2 Å². The minimum Gasteiger partial charge on any atom is -0.428 e. The molecule has 4 nitrogen and oxygen atoms in total. The van der Waals surface area contributed by atoms with Gasteiger partial charge in [0.2, 0.25) is 5.88 Å². The Bertz CT molecular complexity index is 150. The molecule has 0 saturated carbocycles. The molecule has 0 aromatic carbocycles. The second-order valence-electron chi connectivity index (χ2n) is 1.52. The summed E-state index contributed by atoms with van der Waals surface area (Å²) in [6.07, 6.45) is 2.88. The van der Waals surface area contributed by atoms with E-state index in [-0.39, 0.29) is 6.61 Å². The third-order valence-corrected chi connectivity index (χ3v) is 0.843. The number of hydrogen-bond donors (Lipinski definition) is 2. The highest BCUT2D eigenvalue weighted by atomic mass is 16.4. The Balaban J connectivity index is 2.30. The van der Waals surface area contributed by atoms with Crippen molar-refractivity contribution in [3.05, 3.63) is 12.6 Å². The molecule has 1 rings (SSSR count). The molecule has 4 heteroatoms. The van der Waals surface area contributed by atoms with Gasteiger partial charge in [0.1, 0.15) is 0 Å². The molecule has 1 aromatic heterocycles. The van der Waals surface area contributed by atoms with E-state index in [4.69, 9.17) is 9.52 Å². The first-order valence-corrected chi connectivity index (χ1v) is 2.66. The standard InChI is InChI=1S/C5H8N2O2/c8-2-1-7-5-3-6-4-9-5/h3-4,7-8H,1-2H2. The van der Waals surface area contributed by atoms with Crippen molar-refractivity contribution in [2.75, 3.05) is 18.5 Å². The van der Waals surface area contributed by atoms with Crippen LogP contribution in [0.15, 0.2) is 17.0 Å². The summed E-state index contributed by atoms with van der Waals surface area (Å²) >= 11 is 0. The number of aliphatic hydroxyl groups is 1. The van der Waals surface area contributed by atoms with E-state index in [1.807, 2.05) is 0 Å². The van der Waals surface area contributed by atoms with E-state index in [1.165, 1.54) is 6.39 Å². The second-order valence-corrected chi connectivity index (χ2v) is 1.52. The molecule has 0 amide bonds. The lowest BCUT2D eigenvalue weighted by Crippen LogP contribution is -2.03. The zero-order valence-electron chi connectivity index (χ0n) is 4.87. The van der Waals surface area contributed by atoms with E-state index < -0.39 is 0 Å². The van der Waals surface area contributed by atoms with Crippen molar-refractivity contribution in [3.63, 3.8) is 0 Å². The van der Waals surface area contributed by atoms with Gasteiger partial charge in [0.05, 0.1) is 12.8 Å².